The molecule has 0 spiro atoms. The molecule has 0 saturated carbocycles. The lowest BCUT2D eigenvalue weighted by molar-refractivity contribution is 0.509. The molecule has 1 heterocycles. The van der Waals surface area contributed by atoms with E-state index in [4.69, 9.17) is 5.73 Å². The number of nitrogen functional groups attached to an aromatic ring is 1. The predicted molar refractivity (Wildman–Crippen MR) is 83.4 cm³/mol. The molecule has 0 atom stereocenters. The standard InChI is InChI=1S/C16H31N3/c1-4-7-8-9-10-11-12-13-19-15(6-3)16(17)14(5-2)18-19/h4-13,17H2,1-3H3. The molecule has 0 aliphatic carbocycles. The molecule has 0 aromatic carbocycles. The quantitative estimate of drug-likeness (QED) is 0.639. The van der Waals surface area contributed by atoms with E-state index in [1.807, 2.05) is 0 Å². The van der Waals surface area contributed by atoms with E-state index in [2.05, 4.69) is 30.6 Å². The van der Waals surface area contributed by atoms with Crippen molar-refractivity contribution in [2.75, 3.05) is 5.73 Å². The van der Waals surface area contributed by atoms with Crippen molar-refractivity contribution in [2.24, 2.45) is 0 Å². The highest BCUT2D eigenvalue weighted by molar-refractivity contribution is 5.48. The van der Waals surface area contributed by atoms with Crippen molar-refractivity contribution < 1.29 is 0 Å². The van der Waals surface area contributed by atoms with Gasteiger partial charge in [-0.05, 0) is 19.3 Å². The van der Waals surface area contributed by atoms with Gasteiger partial charge in [0.2, 0.25) is 0 Å². The highest BCUT2D eigenvalue weighted by Gasteiger charge is 2.11. The van der Waals surface area contributed by atoms with Crippen LogP contribution in [0.3, 0.4) is 0 Å². The summed E-state index contributed by atoms with van der Waals surface area (Å²) in [5.74, 6) is 0. The summed E-state index contributed by atoms with van der Waals surface area (Å²) in [5, 5.41) is 4.64. The van der Waals surface area contributed by atoms with Gasteiger partial charge < -0.3 is 5.73 Å². The average Bonchev–Trinajstić information content (AvgIpc) is 2.73. The predicted octanol–water partition coefficient (Wildman–Crippen LogP) is 4.34. The fourth-order valence-corrected chi connectivity index (χ4v) is 2.60. The number of aryl methyl sites for hydroxylation is 2. The maximum atomic E-state index is 6.13. The van der Waals surface area contributed by atoms with Gasteiger partial charge in [0, 0.05) is 6.54 Å². The van der Waals surface area contributed by atoms with E-state index in [0.717, 1.165) is 30.8 Å². The Balaban J connectivity index is 2.32. The van der Waals surface area contributed by atoms with Crippen LogP contribution in [-0.2, 0) is 19.4 Å². The molecule has 0 aliphatic heterocycles. The van der Waals surface area contributed by atoms with Crippen LogP contribution in [0.2, 0.25) is 0 Å². The molecule has 0 fully saturated rings. The monoisotopic (exact) mass is 265 g/mol. The van der Waals surface area contributed by atoms with E-state index in [1.165, 1.54) is 50.6 Å². The molecule has 3 nitrogen and oxygen atoms in total. The number of aromatic nitrogens is 2. The summed E-state index contributed by atoms with van der Waals surface area (Å²) in [6.07, 6.45) is 11.3. The summed E-state index contributed by atoms with van der Waals surface area (Å²) >= 11 is 0. The molecule has 0 saturated heterocycles. The lowest BCUT2D eigenvalue weighted by Crippen LogP contribution is -2.05. The first-order valence-electron chi connectivity index (χ1n) is 8.08. The Kier molecular flexibility index (Phi) is 7.61. The molecule has 19 heavy (non-hydrogen) atoms. The molecule has 1 rings (SSSR count). The van der Waals surface area contributed by atoms with Crippen LogP contribution in [0.25, 0.3) is 0 Å². The summed E-state index contributed by atoms with van der Waals surface area (Å²) in [5.41, 5.74) is 9.35. The first-order valence-corrected chi connectivity index (χ1v) is 8.08. The van der Waals surface area contributed by atoms with E-state index in [9.17, 15) is 0 Å². The zero-order chi connectivity index (χ0) is 14.1. The summed E-state index contributed by atoms with van der Waals surface area (Å²) in [6.45, 7) is 7.57. The van der Waals surface area contributed by atoms with Gasteiger partial charge in [0.15, 0.2) is 0 Å². The molecule has 0 amide bonds. The van der Waals surface area contributed by atoms with Gasteiger partial charge in [-0.15, -0.1) is 0 Å². The highest BCUT2D eigenvalue weighted by atomic mass is 15.3. The molecule has 3 heteroatoms. The topological polar surface area (TPSA) is 43.8 Å². The number of hydrogen-bond acceptors (Lipinski definition) is 2. The van der Waals surface area contributed by atoms with Crippen molar-refractivity contribution in [2.45, 2.75) is 85.1 Å². The van der Waals surface area contributed by atoms with E-state index in [-0.39, 0.29) is 0 Å². The third kappa shape index (κ3) is 4.88. The largest absolute Gasteiger partial charge is 0.396 e. The number of hydrogen-bond donors (Lipinski definition) is 1. The van der Waals surface area contributed by atoms with E-state index in [1.54, 1.807) is 0 Å². The zero-order valence-electron chi connectivity index (χ0n) is 13.0. The molecule has 2 N–H and O–H groups in total. The van der Waals surface area contributed by atoms with Gasteiger partial charge in [-0.1, -0.05) is 59.3 Å². The minimum Gasteiger partial charge on any atom is -0.396 e. The number of unbranched alkanes of at least 4 members (excludes halogenated alkanes) is 6. The first-order chi connectivity index (χ1) is 9.24. The van der Waals surface area contributed by atoms with Crippen molar-refractivity contribution in [3.05, 3.63) is 11.4 Å². The first kappa shape index (κ1) is 16.1. The second-order valence-electron chi connectivity index (χ2n) is 5.36. The van der Waals surface area contributed by atoms with Gasteiger partial charge in [-0.3, -0.25) is 4.68 Å². The maximum absolute atomic E-state index is 6.13. The zero-order valence-corrected chi connectivity index (χ0v) is 13.0. The Hall–Kier alpha value is -0.990. The van der Waals surface area contributed by atoms with Crippen molar-refractivity contribution >= 4 is 5.69 Å². The molecule has 1 aromatic rings. The van der Waals surface area contributed by atoms with E-state index >= 15 is 0 Å². The summed E-state index contributed by atoms with van der Waals surface area (Å²) in [4.78, 5) is 0. The van der Waals surface area contributed by atoms with Gasteiger partial charge in [-0.2, -0.15) is 5.10 Å². The SMILES string of the molecule is CCCCCCCCCn1nc(CC)c(N)c1CC. The van der Waals surface area contributed by atoms with Gasteiger partial charge >= 0.3 is 0 Å². The molecule has 110 valence electrons. The third-order valence-corrected chi connectivity index (χ3v) is 3.82. The highest BCUT2D eigenvalue weighted by Crippen LogP contribution is 2.19. The molecule has 0 radical (unpaired) electrons. The lowest BCUT2D eigenvalue weighted by Gasteiger charge is -2.06. The summed E-state index contributed by atoms with van der Waals surface area (Å²) < 4.78 is 2.14. The smallest absolute Gasteiger partial charge is 0.0854 e. The van der Waals surface area contributed by atoms with Crippen molar-refractivity contribution in [1.29, 1.82) is 0 Å². The van der Waals surface area contributed by atoms with Gasteiger partial charge in [-0.25, -0.2) is 0 Å². The molecule has 1 aromatic heterocycles. The number of nitrogens with two attached hydrogens (primary N) is 1. The van der Waals surface area contributed by atoms with Crippen molar-refractivity contribution in [3.8, 4) is 0 Å². The van der Waals surface area contributed by atoms with Crippen LogP contribution in [-0.4, -0.2) is 9.78 Å². The van der Waals surface area contributed by atoms with Crippen molar-refractivity contribution in [3.63, 3.8) is 0 Å². The van der Waals surface area contributed by atoms with E-state index < -0.39 is 0 Å². The number of anilines is 1. The fourth-order valence-electron chi connectivity index (χ4n) is 2.60. The van der Waals surface area contributed by atoms with Crippen LogP contribution >= 0.6 is 0 Å². The second-order valence-corrected chi connectivity index (χ2v) is 5.36. The Morgan fingerprint density at radius 2 is 1.53 bits per heavy atom. The van der Waals surface area contributed by atoms with Crippen LogP contribution in [0.1, 0.15) is 77.1 Å². The van der Waals surface area contributed by atoms with Crippen molar-refractivity contribution in [1.82, 2.24) is 9.78 Å². The van der Waals surface area contributed by atoms with Crippen LogP contribution in [0.15, 0.2) is 0 Å². The minimum atomic E-state index is 0.924. The third-order valence-electron chi connectivity index (χ3n) is 3.82. The fraction of sp³-hybridized carbons (Fsp3) is 0.812. The Morgan fingerprint density at radius 3 is 2.11 bits per heavy atom. The maximum Gasteiger partial charge on any atom is 0.0854 e. The number of nitrogens with zero attached hydrogens (tertiary/aromatic N) is 2. The average molecular weight is 265 g/mol. The van der Waals surface area contributed by atoms with Gasteiger partial charge in [0.1, 0.15) is 0 Å². The molecule has 0 unspecified atom stereocenters. The van der Waals surface area contributed by atoms with E-state index in [0.29, 0.717) is 0 Å². The molecule has 0 aliphatic rings. The molecular weight excluding hydrogens is 234 g/mol. The molecule has 0 bridgehead atoms. The summed E-state index contributed by atoms with van der Waals surface area (Å²) in [6, 6.07) is 0. The van der Waals surface area contributed by atoms with Gasteiger partial charge in [0.25, 0.3) is 0 Å². The minimum absolute atomic E-state index is 0.924. The Morgan fingerprint density at radius 1 is 0.895 bits per heavy atom. The lowest BCUT2D eigenvalue weighted by atomic mass is 10.1. The van der Waals surface area contributed by atoms with Gasteiger partial charge in [0.05, 0.1) is 17.1 Å². The van der Waals surface area contributed by atoms with Crippen LogP contribution in [0.5, 0.6) is 0 Å². The Bertz CT molecular complexity index is 355. The molecular formula is C16H31N3. The Labute approximate surface area is 118 Å². The number of rotatable bonds is 10. The second kappa shape index (κ2) is 9.00. The van der Waals surface area contributed by atoms with Crippen LogP contribution in [0, 0.1) is 0 Å². The van der Waals surface area contributed by atoms with Crippen LogP contribution < -0.4 is 5.73 Å². The van der Waals surface area contributed by atoms with Crippen LogP contribution in [0.4, 0.5) is 5.69 Å². The normalized spacial score (nSPS) is 11.1. The summed E-state index contributed by atoms with van der Waals surface area (Å²) in [7, 11) is 0.